The van der Waals surface area contributed by atoms with Crippen molar-refractivity contribution in [1.29, 1.82) is 0 Å². The number of carbonyl (C=O) groups excluding carboxylic acids is 1. The average molecular weight is 272 g/mol. The summed E-state index contributed by atoms with van der Waals surface area (Å²) in [6.45, 7) is 0.788. The fourth-order valence-corrected chi connectivity index (χ4v) is 2.42. The zero-order valence-corrected chi connectivity index (χ0v) is 10.0. The second kappa shape index (κ2) is 4.84. The van der Waals surface area contributed by atoms with Crippen molar-refractivity contribution in [1.82, 2.24) is 5.32 Å². The molecule has 0 unspecified atom stereocenters. The first kappa shape index (κ1) is 10.7. The molecule has 4 heteroatoms. The quantitative estimate of drug-likeness (QED) is 0.919. The largest absolute Gasteiger partial charge is 0.457 e. The van der Waals surface area contributed by atoms with E-state index in [0.717, 1.165) is 6.54 Å². The van der Waals surface area contributed by atoms with Gasteiger partial charge in [-0.3, -0.25) is 4.79 Å². The Hall–Kier alpha value is -0.770. The molecule has 0 aromatic carbocycles. The van der Waals surface area contributed by atoms with Crippen LogP contribution in [-0.2, 0) is 0 Å². The van der Waals surface area contributed by atoms with E-state index >= 15 is 0 Å². The van der Waals surface area contributed by atoms with Gasteiger partial charge in [-0.05, 0) is 40.8 Å². The number of amides is 1. The Bertz CT molecular complexity index is 342. The van der Waals surface area contributed by atoms with E-state index in [1.165, 1.54) is 31.9 Å². The van der Waals surface area contributed by atoms with Crippen LogP contribution in [0.2, 0.25) is 0 Å². The molecule has 1 aliphatic rings. The molecule has 1 saturated carbocycles. The summed E-state index contributed by atoms with van der Waals surface area (Å²) in [5, 5.41) is 2.94. The van der Waals surface area contributed by atoms with E-state index < -0.39 is 0 Å². The number of rotatable bonds is 3. The van der Waals surface area contributed by atoms with E-state index in [0.29, 0.717) is 16.2 Å². The van der Waals surface area contributed by atoms with Gasteiger partial charge in [-0.15, -0.1) is 0 Å². The lowest BCUT2D eigenvalue weighted by Crippen LogP contribution is -2.28. The van der Waals surface area contributed by atoms with Gasteiger partial charge in [-0.1, -0.05) is 12.8 Å². The molecule has 0 bridgehead atoms. The smallest absolute Gasteiger partial charge is 0.255 e. The summed E-state index contributed by atoms with van der Waals surface area (Å²) >= 11 is 3.19. The minimum Gasteiger partial charge on any atom is -0.457 e. The molecule has 3 nitrogen and oxygen atoms in total. The maximum Gasteiger partial charge on any atom is 0.255 e. The Morgan fingerprint density at radius 2 is 2.27 bits per heavy atom. The second-order valence-electron chi connectivity index (χ2n) is 3.97. The highest BCUT2D eigenvalue weighted by atomic mass is 79.9. The first-order valence-electron chi connectivity index (χ1n) is 5.28. The molecule has 1 aromatic rings. The summed E-state index contributed by atoms with van der Waals surface area (Å²) in [4.78, 5) is 11.7. The lowest BCUT2D eigenvalue weighted by molar-refractivity contribution is 0.0945. The van der Waals surface area contributed by atoms with Crippen molar-refractivity contribution in [2.24, 2.45) is 5.92 Å². The van der Waals surface area contributed by atoms with Crippen LogP contribution in [0, 0.1) is 5.92 Å². The van der Waals surface area contributed by atoms with Crippen LogP contribution in [-0.4, -0.2) is 12.5 Å². The van der Waals surface area contributed by atoms with Gasteiger partial charge in [-0.25, -0.2) is 0 Å². The van der Waals surface area contributed by atoms with Gasteiger partial charge in [0, 0.05) is 6.54 Å². The van der Waals surface area contributed by atoms with Gasteiger partial charge >= 0.3 is 0 Å². The number of hydrogen-bond donors (Lipinski definition) is 1. The summed E-state index contributed by atoms with van der Waals surface area (Å²) < 4.78 is 5.52. The molecule has 82 valence electrons. The highest BCUT2D eigenvalue weighted by Gasteiger charge is 2.17. The Balaban J connectivity index is 1.84. The molecule has 1 amide bonds. The maximum atomic E-state index is 11.7. The molecule has 0 atom stereocenters. The zero-order chi connectivity index (χ0) is 10.7. The zero-order valence-electron chi connectivity index (χ0n) is 8.46. The maximum absolute atomic E-state index is 11.7. The van der Waals surface area contributed by atoms with Crippen molar-refractivity contribution < 1.29 is 9.21 Å². The summed E-state index contributed by atoms with van der Waals surface area (Å²) in [6, 6.07) is 1.67. The summed E-state index contributed by atoms with van der Waals surface area (Å²) in [7, 11) is 0. The molecule has 0 aliphatic heterocycles. The Morgan fingerprint density at radius 3 is 2.87 bits per heavy atom. The number of hydrogen-bond acceptors (Lipinski definition) is 2. The van der Waals surface area contributed by atoms with Gasteiger partial charge in [0.05, 0.1) is 11.8 Å². The van der Waals surface area contributed by atoms with Crippen LogP contribution < -0.4 is 5.32 Å². The molecular weight excluding hydrogens is 258 g/mol. The summed E-state index contributed by atoms with van der Waals surface area (Å²) in [5.74, 6) is 0.613. The third-order valence-electron chi connectivity index (χ3n) is 2.89. The average Bonchev–Trinajstić information content (AvgIpc) is 2.84. The van der Waals surface area contributed by atoms with Crippen LogP contribution in [0.15, 0.2) is 21.4 Å². The normalized spacial score (nSPS) is 16.9. The van der Waals surface area contributed by atoms with Crippen LogP contribution >= 0.6 is 15.9 Å². The van der Waals surface area contributed by atoms with Crippen LogP contribution in [0.1, 0.15) is 36.0 Å². The van der Waals surface area contributed by atoms with Crippen molar-refractivity contribution in [2.75, 3.05) is 6.54 Å². The Labute approximate surface area is 97.4 Å². The second-order valence-corrected chi connectivity index (χ2v) is 4.69. The minimum absolute atomic E-state index is 0.0532. The van der Waals surface area contributed by atoms with Gasteiger partial charge < -0.3 is 9.73 Å². The standard InChI is InChI=1S/C11H14BrNO2/c12-10-9(5-6-15-10)11(14)13-7-8-3-1-2-4-8/h5-6,8H,1-4,7H2,(H,13,14). The van der Waals surface area contributed by atoms with Gasteiger partial charge in [0.1, 0.15) is 0 Å². The monoisotopic (exact) mass is 271 g/mol. The molecule has 0 radical (unpaired) electrons. The van der Waals surface area contributed by atoms with Crippen molar-refractivity contribution >= 4 is 21.8 Å². The van der Waals surface area contributed by atoms with E-state index in [1.807, 2.05) is 0 Å². The molecule has 1 N–H and O–H groups in total. The molecule has 2 rings (SSSR count). The topological polar surface area (TPSA) is 42.2 Å². The predicted octanol–water partition coefficient (Wildman–Crippen LogP) is 2.96. The molecule has 1 aliphatic carbocycles. The van der Waals surface area contributed by atoms with Crippen LogP contribution in [0.5, 0.6) is 0 Å². The van der Waals surface area contributed by atoms with Crippen molar-refractivity contribution in [2.45, 2.75) is 25.7 Å². The number of carbonyl (C=O) groups is 1. The Kier molecular flexibility index (Phi) is 3.46. The van der Waals surface area contributed by atoms with Gasteiger partial charge in [0.25, 0.3) is 5.91 Å². The predicted molar refractivity (Wildman–Crippen MR) is 60.7 cm³/mol. The van der Waals surface area contributed by atoms with E-state index in [2.05, 4.69) is 21.2 Å². The third kappa shape index (κ3) is 2.62. The molecule has 1 fully saturated rings. The summed E-state index contributed by atoms with van der Waals surface area (Å²) in [6.07, 6.45) is 6.60. The van der Waals surface area contributed by atoms with Gasteiger partial charge in [-0.2, -0.15) is 0 Å². The number of nitrogens with one attached hydrogen (secondary N) is 1. The van der Waals surface area contributed by atoms with Crippen molar-refractivity contribution in [3.05, 3.63) is 22.6 Å². The first-order chi connectivity index (χ1) is 7.27. The van der Waals surface area contributed by atoms with Crippen LogP contribution in [0.25, 0.3) is 0 Å². The molecule has 1 heterocycles. The lowest BCUT2D eigenvalue weighted by atomic mass is 10.1. The first-order valence-corrected chi connectivity index (χ1v) is 6.08. The van der Waals surface area contributed by atoms with E-state index in [1.54, 1.807) is 6.07 Å². The molecule has 1 aromatic heterocycles. The van der Waals surface area contributed by atoms with Crippen LogP contribution in [0.3, 0.4) is 0 Å². The van der Waals surface area contributed by atoms with Gasteiger partial charge in [0.15, 0.2) is 4.67 Å². The minimum atomic E-state index is -0.0532. The summed E-state index contributed by atoms with van der Waals surface area (Å²) in [5.41, 5.74) is 0.577. The van der Waals surface area contributed by atoms with E-state index in [4.69, 9.17) is 4.42 Å². The Morgan fingerprint density at radius 1 is 1.53 bits per heavy atom. The lowest BCUT2D eigenvalue weighted by Gasteiger charge is -2.09. The van der Waals surface area contributed by atoms with E-state index in [-0.39, 0.29) is 5.91 Å². The van der Waals surface area contributed by atoms with E-state index in [9.17, 15) is 4.79 Å². The number of halogens is 1. The third-order valence-corrected chi connectivity index (χ3v) is 3.50. The highest BCUT2D eigenvalue weighted by molar-refractivity contribution is 9.10. The highest BCUT2D eigenvalue weighted by Crippen LogP contribution is 2.24. The molecule has 0 spiro atoms. The number of furan rings is 1. The van der Waals surface area contributed by atoms with Crippen molar-refractivity contribution in [3.8, 4) is 0 Å². The molecular formula is C11H14BrNO2. The van der Waals surface area contributed by atoms with Crippen molar-refractivity contribution in [3.63, 3.8) is 0 Å². The SMILES string of the molecule is O=C(NCC1CCCC1)c1ccoc1Br. The fourth-order valence-electron chi connectivity index (χ4n) is 2.00. The van der Waals surface area contributed by atoms with Gasteiger partial charge in [0.2, 0.25) is 0 Å². The molecule has 15 heavy (non-hydrogen) atoms. The fraction of sp³-hybridized carbons (Fsp3) is 0.545. The van der Waals surface area contributed by atoms with Crippen LogP contribution in [0.4, 0.5) is 0 Å². The molecule has 0 saturated heterocycles.